The first-order chi connectivity index (χ1) is 12.6. The van der Waals surface area contributed by atoms with E-state index in [2.05, 4.69) is 15.5 Å². The van der Waals surface area contributed by atoms with Crippen molar-refractivity contribution in [3.63, 3.8) is 0 Å². The molecule has 3 rings (SSSR count). The third kappa shape index (κ3) is 4.82. The fourth-order valence-corrected chi connectivity index (χ4v) is 2.74. The molecule has 0 saturated carbocycles. The highest BCUT2D eigenvalue weighted by Crippen LogP contribution is 2.24. The lowest BCUT2D eigenvalue weighted by atomic mass is 10.2. The van der Waals surface area contributed by atoms with Gasteiger partial charge >= 0.3 is 0 Å². The summed E-state index contributed by atoms with van der Waals surface area (Å²) in [5.74, 6) is 0.694. The Morgan fingerprint density at radius 1 is 1.23 bits per heavy atom. The minimum Gasteiger partial charge on any atom is -0.497 e. The topological polar surface area (TPSA) is 77.2 Å². The zero-order chi connectivity index (χ0) is 18.4. The lowest BCUT2D eigenvalue weighted by Gasteiger charge is -2.04. The van der Waals surface area contributed by atoms with Crippen LogP contribution in [-0.2, 0) is 11.3 Å². The van der Waals surface area contributed by atoms with Gasteiger partial charge in [-0.3, -0.25) is 4.79 Å². The SMILES string of the molecule is COc1ccc(-c2nnc(SCC(=O)NCc3cccc(F)c3)o2)cc1. The normalized spacial score (nSPS) is 10.5. The van der Waals surface area contributed by atoms with Gasteiger partial charge in [0.1, 0.15) is 11.6 Å². The number of hydrogen-bond donors (Lipinski definition) is 1. The van der Waals surface area contributed by atoms with Crippen LogP contribution < -0.4 is 10.1 Å². The van der Waals surface area contributed by atoms with Crippen LogP contribution in [0.5, 0.6) is 5.75 Å². The summed E-state index contributed by atoms with van der Waals surface area (Å²) in [6, 6.07) is 13.3. The smallest absolute Gasteiger partial charge is 0.277 e. The van der Waals surface area contributed by atoms with Crippen LogP contribution in [0.25, 0.3) is 11.5 Å². The molecule has 0 aliphatic rings. The molecule has 0 spiro atoms. The van der Waals surface area contributed by atoms with Crippen molar-refractivity contribution in [1.82, 2.24) is 15.5 Å². The number of hydrogen-bond acceptors (Lipinski definition) is 6. The van der Waals surface area contributed by atoms with E-state index >= 15 is 0 Å². The Bertz CT molecular complexity index is 883. The number of benzene rings is 2. The fourth-order valence-electron chi connectivity index (χ4n) is 2.14. The predicted molar refractivity (Wildman–Crippen MR) is 95.3 cm³/mol. The van der Waals surface area contributed by atoms with Gasteiger partial charge in [-0.15, -0.1) is 10.2 Å². The number of methoxy groups -OCH3 is 1. The van der Waals surface area contributed by atoms with Crippen LogP contribution in [0.2, 0.25) is 0 Å². The van der Waals surface area contributed by atoms with Crippen molar-refractivity contribution in [2.75, 3.05) is 12.9 Å². The summed E-state index contributed by atoms with van der Waals surface area (Å²) in [6.45, 7) is 0.262. The third-order valence-corrected chi connectivity index (χ3v) is 4.27. The molecule has 2 aromatic carbocycles. The molecule has 134 valence electrons. The van der Waals surface area contributed by atoms with Crippen molar-refractivity contribution in [2.45, 2.75) is 11.8 Å². The molecule has 0 fully saturated rings. The molecule has 0 radical (unpaired) electrons. The quantitative estimate of drug-likeness (QED) is 0.641. The van der Waals surface area contributed by atoms with E-state index < -0.39 is 0 Å². The Kier molecular flexibility index (Phi) is 5.85. The van der Waals surface area contributed by atoms with E-state index in [9.17, 15) is 9.18 Å². The van der Waals surface area contributed by atoms with Crippen LogP contribution in [0.4, 0.5) is 4.39 Å². The highest BCUT2D eigenvalue weighted by atomic mass is 32.2. The minimum absolute atomic E-state index is 0.125. The standard InChI is InChI=1S/C18H16FN3O3S/c1-24-15-7-5-13(6-8-15)17-21-22-18(25-17)26-11-16(23)20-10-12-3-2-4-14(19)9-12/h2-9H,10-11H2,1H3,(H,20,23). The van der Waals surface area contributed by atoms with Crippen molar-refractivity contribution in [3.8, 4) is 17.2 Å². The summed E-state index contributed by atoms with van der Waals surface area (Å²) in [5, 5.41) is 10.9. The number of amides is 1. The lowest BCUT2D eigenvalue weighted by molar-refractivity contribution is -0.118. The van der Waals surface area contributed by atoms with E-state index in [0.717, 1.165) is 23.1 Å². The molecule has 1 amide bonds. The summed E-state index contributed by atoms with van der Waals surface area (Å²) in [6.07, 6.45) is 0. The second-order valence-corrected chi connectivity index (χ2v) is 6.22. The monoisotopic (exact) mass is 373 g/mol. The van der Waals surface area contributed by atoms with Crippen LogP contribution in [0.15, 0.2) is 58.2 Å². The molecule has 0 unspecified atom stereocenters. The van der Waals surface area contributed by atoms with Crippen LogP contribution in [0.1, 0.15) is 5.56 Å². The van der Waals surface area contributed by atoms with Crippen molar-refractivity contribution in [2.24, 2.45) is 0 Å². The molecule has 0 saturated heterocycles. The molecular weight excluding hydrogens is 357 g/mol. The van der Waals surface area contributed by atoms with Crippen LogP contribution in [-0.4, -0.2) is 29.0 Å². The molecule has 1 heterocycles. The van der Waals surface area contributed by atoms with E-state index in [4.69, 9.17) is 9.15 Å². The molecule has 1 N–H and O–H groups in total. The van der Waals surface area contributed by atoms with Gasteiger partial charge in [0, 0.05) is 12.1 Å². The summed E-state index contributed by atoms with van der Waals surface area (Å²) < 4.78 is 23.7. The van der Waals surface area contributed by atoms with Crippen LogP contribution in [0, 0.1) is 5.82 Å². The Labute approximate surface area is 153 Å². The largest absolute Gasteiger partial charge is 0.497 e. The molecule has 3 aromatic rings. The molecule has 0 aliphatic carbocycles. The number of carbonyl (C=O) groups excluding carboxylic acids is 1. The van der Waals surface area contributed by atoms with E-state index in [-0.39, 0.29) is 24.0 Å². The molecule has 0 atom stereocenters. The Balaban J connectivity index is 1.50. The van der Waals surface area contributed by atoms with Crippen LogP contribution in [0.3, 0.4) is 0 Å². The van der Waals surface area contributed by atoms with Crippen molar-refractivity contribution in [3.05, 3.63) is 59.9 Å². The number of aromatic nitrogens is 2. The molecule has 0 bridgehead atoms. The van der Waals surface area contributed by atoms with Gasteiger partial charge < -0.3 is 14.5 Å². The molecular formula is C18H16FN3O3S. The second-order valence-electron chi connectivity index (χ2n) is 5.30. The molecule has 8 heteroatoms. The highest BCUT2D eigenvalue weighted by molar-refractivity contribution is 7.99. The average Bonchev–Trinajstić information content (AvgIpc) is 3.14. The van der Waals surface area contributed by atoms with Gasteiger partial charge in [-0.2, -0.15) is 0 Å². The minimum atomic E-state index is -0.331. The maximum Gasteiger partial charge on any atom is 0.277 e. The first-order valence-electron chi connectivity index (χ1n) is 7.76. The molecule has 1 aromatic heterocycles. The highest BCUT2D eigenvalue weighted by Gasteiger charge is 2.11. The maximum absolute atomic E-state index is 13.1. The van der Waals surface area contributed by atoms with Gasteiger partial charge in [0.15, 0.2) is 0 Å². The van der Waals surface area contributed by atoms with Gasteiger partial charge in [-0.05, 0) is 42.0 Å². The van der Waals surface area contributed by atoms with Gasteiger partial charge in [-0.25, -0.2) is 4.39 Å². The van der Waals surface area contributed by atoms with Gasteiger partial charge in [0.25, 0.3) is 5.22 Å². The summed E-state index contributed by atoms with van der Waals surface area (Å²) in [4.78, 5) is 11.9. The average molecular weight is 373 g/mol. The first-order valence-corrected chi connectivity index (χ1v) is 8.74. The molecule has 26 heavy (non-hydrogen) atoms. The number of ether oxygens (including phenoxy) is 1. The fraction of sp³-hybridized carbons (Fsp3) is 0.167. The van der Waals surface area contributed by atoms with Gasteiger partial charge in [-0.1, -0.05) is 23.9 Å². The van der Waals surface area contributed by atoms with Gasteiger partial charge in [0.2, 0.25) is 11.8 Å². The first kappa shape index (κ1) is 17.9. The number of carbonyl (C=O) groups is 1. The third-order valence-electron chi connectivity index (χ3n) is 3.45. The summed E-state index contributed by atoms with van der Waals surface area (Å²) >= 11 is 1.14. The van der Waals surface area contributed by atoms with Crippen molar-refractivity contribution >= 4 is 17.7 Å². The van der Waals surface area contributed by atoms with E-state index in [0.29, 0.717) is 16.7 Å². The Hall–Kier alpha value is -2.87. The number of nitrogens with one attached hydrogen (secondary N) is 1. The van der Waals surface area contributed by atoms with Crippen molar-refractivity contribution in [1.29, 1.82) is 0 Å². The lowest BCUT2D eigenvalue weighted by Crippen LogP contribution is -2.24. The molecule has 6 nitrogen and oxygen atoms in total. The van der Waals surface area contributed by atoms with Gasteiger partial charge in [0.05, 0.1) is 12.9 Å². The predicted octanol–water partition coefficient (Wildman–Crippen LogP) is 3.29. The summed E-state index contributed by atoms with van der Waals surface area (Å²) in [7, 11) is 1.59. The number of halogens is 1. The summed E-state index contributed by atoms with van der Waals surface area (Å²) in [5.41, 5.74) is 1.46. The van der Waals surface area contributed by atoms with Crippen LogP contribution >= 0.6 is 11.8 Å². The van der Waals surface area contributed by atoms with Crippen molar-refractivity contribution < 1.29 is 18.3 Å². The number of thioether (sulfide) groups is 1. The zero-order valence-corrected chi connectivity index (χ0v) is 14.8. The number of rotatable bonds is 7. The van der Waals surface area contributed by atoms with E-state index in [1.807, 2.05) is 12.1 Å². The van der Waals surface area contributed by atoms with E-state index in [1.54, 1.807) is 31.4 Å². The zero-order valence-electron chi connectivity index (χ0n) is 13.9. The second kappa shape index (κ2) is 8.48. The maximum atomic E-state index is 13.1. The number of nitrogens with zero attached hydrogens (tertiary/aromatic N) is 2. The van der Waals surface area contributed by atoms with E-state index in [1.165, 1.54) is 12.1 Å². The molecule has 0 aliphatic heterocycles. The Morgan fingerprint density at radius 3 is 2.77 bits per heavy atom. The Morgan fingerprint density at radius 2 is 2.04 bits per heavy atom.